The number of thiazole rings is 1. The fourth-order valence-electron chi connectivity index (χ4n) is 1.97. The number of carbonyl (C=O) groups is 1. The van der Waals surface area contributed by atoms with E-state index in [0.717, 1.165) is 9.88 Å². The van der Waals surface area contributed by atoms with E-state index in [9.17, 15) is 4.79 Å². The highest BCUT2D eigenvalue weighted by Crippen LogP contribution is 2.31. The molecule has 108 valence electrons. The molecule has 0 atom stereocenters. The maximum Gasteiger partial charge on any atom is 0.267 e. The molecule has 2 aromatic heterocycles. The molecule has 1 N–H and O–H groups in total. The summed E-state index contributed by atoms with van der Waals surface area (Å²) in [5.74, 6) is -0.201. The molecule has 0 radical (unpaired) electrons. The van der Waals surface area contributed by atoms with E-state index in [-0.39, 0.29) is 5.91 Å². The minimum atomic E-state index is -0.201. The SMILES string of the molecule is Cc1nc(-c2cccs2)sc1C(=O)Nc1cccc(C#N)c1. The van der Waals surface area contributed by atoms with Gasteiger partial charge in [-0.05, 0) is 36.6 Å². The molecule has 4 nitrogen and oxygen atoms in total. The molecule has 3 rings (SSSR count). The second kappa shape index (κ2) is 6.10. The summed E-state index contributed by atoms with van der Waals surface area (Å²) in [4.78, 5) is 18.5. The molecule has 1 aromatic carbocycles. The van der Waals surface area contributed by atoms with E-state index in [1.165, 1.54) is 11.3 Å². The van der Waals surface area contributed by atoms with Crippen LogP contribution in [0.25, 0.3) is 9.88 Å². The normalized spacial score (nSPS) is 10.2. The molecule has 0 aliphatic heterocycles. The van der Waals surface area contributed by atoms with Crippen molar-refractivity contribution < 1.29 is 4.79 Å². The molecule has 6 heteroatoms. The Balaban J connectivity index is 1.85. The third-order valence-corrected chi connectivity index (χ3v) is 5.18. The number of rotatable bonds is 3. The average molecular weight is 325 g/mol. The number of nitriles is 1. The zero-order valence-electron chi connectivity index (χ0n) is 11.7. The van der Waals surface area contributed by atoms with Crippen LogP contribution in [0.4, 0.5) is 5.69 Å². The number of aromatic nitrogens is 1. The van der Waals surface area contributed by atoms with Crippen molar-refractivity contribution in [3.63, 3.8) is 0 Å². The summed E-state index contributed by atoms with van der Waals surface area (Å²) >= 11 is 2.98. The monoisotopic (exact) mass is 325 g/mol. The molecular weight excluding hydrogens is 314 g/mol. The van der Waals surface area contributed by atoms with Gasteiger partial charge in [0.1, 0.15) is 9.88 Å². The van der Waals surface area contributed by atoms with E-state index in [1.807, 2.05) is 24.4 Å². The fraction of sp³-hybridized carbons (Fsp3) is 0.0625. The average Bonchev–Trinajstić information content (AvgIpc) is 3.16. The van der Waals surface area contributed by atoms with Gasteiger partial charge < -0.3 is 5.32 Å². The van der Waals surface area contributed by atoms with Crippen LogP contribution in [-0.4, -0.2) is 10.9 Å². The Kier molecular flexibility index (Phi) is 4.00. The zero-order chi connectivity index (χ0) is 15.5. The quantitative estimate of drug-likeness (QED) is 0.780. The van der Waals surface area contributed by atoms with Crippen LogP contribution in [-0.2, 0) is 0 Å². The van der Waals surface area contributed by atoms with Crippen molar-refractivity contribution in [2.75, 3.05) is 5.32 Å². The van der Waals surface area contributed by atoms with E-state index in [2.05, 4.69) is 16.4 Å². The molecule has 1 amide bonds. The zero-order valence-corrected chi connectivity index (χ0v) is 13.3. The number of aryl methyl sites for hydroxylation is 1. The predicted octanol–water partition coefficient (Wildman–Crippen LogP) is 4.30. The van der Waals surface area contributed by atoms with Gasteiger partial charge in [-0.1, -0.05) is 12.1 Å². The van der Waals surface area contributed by atoms with Crippen LogP contribution in [0.3, 0.4) is 0 Å². The second-order valence-corrected chi connectivity index (χ2v) is 6.50. The van der Waals surface area contributed by atoms with Gasteiger partial charge in [0.25, 0.3) is 5.91 Å². The first-order valence-corrected chi connectivity index (χ1v) is 8.20. The summed E-state index contributed by atoms with van der Waals surface area (Å²) in [6.07, 6.45) is 0. The van der Waals surface area contributed by atoms with Crippen molar-refractivity contribution in [1.29, 1.82) is 5.26 Å². The van der Waals surface area contributed by atoms with Crippen LogP contribution < -0.4 is 5.32 Å². The molecule has 0 spiro atoms. The third-order valence-electron chi connectivity index (χ3n) is 2.98. The number of nitrogens with one attached hydrogen (secondary N) is 1. The first kappa shape index (κ1) is 14.4. The largest absolute Gasteiger partial charge is 0.321 e. The second-order valence-electron chi connectivity index (χ2n) is 4.56. The lowest BCUT2D eigenvalue weighted by molar-refractivity contribution is 0.103. The predicted molar refractivity (Wildman–Crippen MR) is 89.3 cm³/mol. The third kappa shape index (κ3) is 2.91. The van der Waals surface area contributed by atoms with Crippen LogP contribution in [0.15, 0.2) is 41.8 Å². The minimum Gasteiger partial charge on any atom is -0.321 e. The number of thiophene rings is 1. The fourth-order valence-corrected chi connectivity index (χ4v) is 3.73. The summed E-state index contributed by atoms with van der Waals surface area (Å²) in [6, 6.07) is 12.8. The van der Waals surface area contributed by atoms with Gasteiger partial charge in [0.2, 0.25) is 0 Å². The summed E-state index contributed by atoms with van der Waals surface area (Å²) in [7, 11) is 0. The van der Waals surface area contributed by atoms with E-state index in [0.29, 0.717) is 21.8 Å². The van der Waals surface area contributed by atoms with Crippen LogP contribution in [0.2, 0.25) is 0 Å². The number of hydrogen-bond acceptors (Lipinski definition) is 5. The van der Waals surface area contributed by atoms with Gasteiger partial charge in [0, 0.05) is 5.69 Å². The molecule has 0 saturated heterocycles. The highest BCUT2D eigenvalue weighted by Gasteiger charge is 2.16. The van der Waals surface area contributed by atoms with Gasteiger partial charge in [-0.25, -0.2) is 4.98 Å². The van der Waals surface area contributed by atoms with Crippen molar-refractivity contribution in [2.45, 2.75) is 6.92 Å². The van der Waals surface area contributed by atoms with Crippen LogP contribution in [0.5, 0.6) is 0 Å². The standard InChI is InChI=1S/C16H11N3OS2/c1-10-14(22-16(18-10)13-6-3-7-21-13)15(20)19-12-5-2-4-11(8-12)9-17/h2-8H,1H3,(H,19,20). The summed E-state index contributed by atoms with van der Waals surface area (Å²) in [5, 5.41) is 14.5. The van der Waals surface area contributed by atoms with Crippen molar-refractivity contribution in [2.24, 2.45) is 0 Å². The maximum absolute atomic E-state index is 12.4. The summed E-state index contributed by atoms with van der Waals surface area (Å²) < 4.78 is 0. The van der Waals surface area contributed by atoms with Gasteiger partial charge in [-0.15, -0.1) is 22.7 Å². The minimum absolute atomic E-state index is 0.201. The first-order chi connectivity index (χ1) is 10.7. The number of benzene rings is 1. The Morgan fingerprint density at radius 3 is 2.91 bits per heavy atom. The van der Waals surface area contributed by atoms with E-state index in [1.54, 1.807) is 35.6 Å². The van der Waals surface area contributed by atoms with E-state index < -0.39 is 0 Å². The maximum atomic E-state index is 12.4. The van der Waals surface area contributed by atoms with E-state index >= 15 is 0 Å². The number of nitrogens with zero attached hydrogens (tertiary/aromatic N) is 2. The molecule has 22 heavy (non-hydrogen) atoms. The number of carbonyl (C=O) groups excluding carboxylic acids is 1. The Labute approximate surface area is 135 Å². The van der Waals surface area contributed by atoms with Crippen LogP contribution in [0.1, 0.15) is 20.9 Å². The lowest BCUT2D eigenvalue weighted by Gasteiger charge is -2.03. The molecule has 0 bridgehead atoms. The number of hydrogen-bond donors (Lipinski definition) is 1. The van der Waals surface area contributed by atoms with Crippen molar-refractivity contribution in [3.05, 3.63) is 57.9 Å². The molecular formula is C16H11N3OS2. The molecule has 0 aliphatic rings. The molecule has 2 heterocycles. The number of anilines is 1. The summed E-state index contributed by atoms with van der Waals surface area (Å²) in [6.45, 7) is 1.83. The lowest BCUT2D eigenvalue weighted by atomic mass is 10.2. The van der Waals surface area contributed by atoms with Gasteiger partial charge in [-0.3, -0.25) is 4.79 Å². The Morgan fingerprint density at radius 2 is 2.18 bits per heavy atom. The Hall–Kier alpha value is -2.49. The van der Waals surface area contributed by atoms with Gasteiger partial charge in [0.15, 0.2) is 0 Å². The molecule has 0 unspecified atom stereocenters. The molecule has 3 aromatic rings. The topological polar surface area (TPSA) is 65.8 Å². The van der Waals surface area contributed by atoms with Crippen molar-refractivity contribution in [1.82, 2.24) is 4.98 Å². The van der Waals surface area contributed by atoms with Gasteiger partial charge in [-0.2, -0.15) is 5.26 Å². The number of amides is 1. The highest BCUT2D eigenvalue weighted by molar-refractivity contribution is 7.22. The molecule has 0 saturated carbocycles. The smallest absolute Gasteiger partial charge is 0.267 e. The van der Waals surface area contributed by atoms with Gasteiger partial charge >= 0.3 is 0 Å². The Bertz CT molecular complexity index is 860. The summed E-state index contributed by atoms with van der Waals surface area (Å²) in [5.41, 5.74) is 1.83. The molecule has 0 aliphatic carbocycles. The molecule has 0 fully saturated rings. The van der Waals surface area contributed by atoms with E-state index in [4.69, 9.17) is 5.26 Å². The van der Waals surface area contributed by atoms with Crippen molar-refractivity contribution >= 4 is 34.3 Å². The highest BCUT2D eigenvalue weighted by atomic mass is 32.1. The first-order valence-electron chi connectivity index (χ1n) is 6.50. The van der Waals surface area contributed by atoms with Crippen LogP contribution >= 0.6 is 22.7 Å². The van der Waals surface area contributed by atoms with Crippen molar-refractivity contribution in [3.8, 4) is 16.0 Å². The lowest BCUT2D eigenvalue weighted by Crippen LogP contribution is -2.11. The Morgan fingerprint density at radius 1 is 1.32 bits per heavy atom. The van der Waals surface area contributed by atoms with Crippen LogP contribution in [0, 0.1) is 18.3 Å². The van der Waals surface area contributed by atoms with Gasteiger partial charge in [0.05, 0.1) is 22.2 Å².